The average molecular weight is 448 g/mol. The fraction of sp³-hybridized carbons (Fsp3) is 0.611. The van der Waals surface area contributed by atoms with Crippen LogP contribution in [0.25, 0.3) is 0 Å². The van der Waals surface area contributed by atoms with Gasteiger partial charge in [0.25, 0.3) is 5.91 Å². The van der Waals surface area contributed by atoms with E-state index in [1.54, 1.807) is 6.07 Å². The highest BCUT2D eigenvalue weighted by Gasteiger charge is 2.53. The molecular formula is C18H26ClN3O6S. The number of ether oxygens (including phenoxy) is 1. The smallest absolute Gasteiger partial charge is 0.278 e. The maximum atomic E-state index is 13.1. The Kier molecular flexibility index (Phi) is 7.15. The second-order valence-electron chi connectivity index (χ2n) is 7.37. The van der Waals surface area contributed by atoms with Gasteiger partial charge < -0.3 is 15.2 Å². The first-order valence-electron chi connectivity index (χ1n) is 9.50. The third-order valence-corrected chi connectivity index (χ3v) is 8.36. The maximum Gasteiger partial charge on any atom is 0.278 e. The Bertz CT molecular complexity index is 831. The molecule has 0 aliphatic carbocycles. The van der Waals surface area contributed by atoms with Gasteiger partial charge in [0.05, 0.1) is 12.7 Å². The minimum absolute atomic E-state index is 0.0647. The van der Waals surface area contributed by atoms with E-state index in [9.17, 15) is 18.3 Å². The number of piperidine rings is 2. The summed E-state index contributed by atoms with van der Waals surface area (Å²) in [5, 5.41) is 21.7. The molecule has 2 heterocycles. The molecule has 0 aromatic heterocycles. The normalized spacial score (nSPS) is 26.9. The van der Waals surface area contributed by atoms with Crippen molar-refractivity contribution in [2.75, 3.05) is 26.2 Å². The number of amides is 1. The summed E-state index contributed by atoms with van der Waals surface area (Å²) in [7, 11) is -3.95. The highest BCUT2D eigenvalue weighted by Crippen LogP contribution is 2.29. The summed E-state index contributed by atoms with van der Waals surface area (Å²) < 4.78 is 33.4. The molecule has 0 spiro atoms. The topological polar surface area (TPSA) is 128 Å². The Morgan fingerprint density at radius 2 is 2.00 bits per heavy atom. The molecule has 0 saturated carbocycles. The lowest BCUT2D eigenvalue weighted by molar-refractivity contribution is -0.150. The number of hydrogen-bond acceptors (Lipinski definition) is 7. The fourth-order valence-electron chi connectivity index (χ4n) is 3.84. The summed E-state index contributed by atoms with van der Waals surface area (Å²) in [5.74, 6) is -1.13. The van der Waals surface area contributed by atoms with Crippen molar-refractivity contribution in [3.8, 4) is 0 Å². The number of hydrogen-bond donors (Lipinski definition) is 4. The molecule has 1 aromatic carbocycles. The lowest BCUT2D eigenvalue weighted by atomic mass is 9.93. The van der Waals surface area contributed by atoms with Crippen LogP contribution in [0.1, 0.15) is 24.8 Å². The summed E-state index contributed by atoms with van der Waals surface area (Å²) >= 11 is 6.13. The quantitative estimate of drug-likeness (QED) is 0.363. The van der Waals surface area contributed by atoms with Crippen LogP contribution in [0.15, 0.2) is 24.3 Å². The molecule has 29 heavy (non-hydrogen) atoms. The van der Waals surface area contributed by atoms with Crippen LogP contribution >= 0.6 is 11.6 Å². The summed E-state index contributed by atoms with van der Waals surface area (Å²) in [5.41, 5.74) is 0.0226. The molecule has 11 heteroatoms. The minimum atomic E-state index is -3.95. The zero-order valence-corrected chi connectivity index (χ0v) is 17.5. The van der Waals surface area contributed by atoms with E-state index in [2.05, 4.69) is 5.32 Å². The van der Waals surface area contributed by atoms with Crippen molar-refractivity contribution < 1.29 is 28.3 Å². The summed E-state index contributed by atoms with van der Waals surface area (Å²) in [6, 6.07) is 7.39. The maximum absolute atomic E-state index is 13.1. The van der Waals surface area contributed by atoms with Gasteiger partial charge in [-0.15, -0.1) is 0 Å². The number of nitrogens with one attached hydrogen (secondary N) is 2. The lowest BCUT2D eigenvalue weighted by Gasteiger charge is -2.41. The zero-order chi connectivity index (χ0) is 21.1. The third kappa shape index (κ3) is 4.74. The molecule has 2 atom stereocenters. The van der Waals surface area contributed by atoms with E-state index in [4.69, 9.17) is 21.5 Å². The molecule has 9 nitrogen and oxygen atoms in total. The number of nitrogens with zero attached hydrogens (tertiary/aromatic N) is 1. The molecule has 0 bridgehead atoms. The first kappa shape index (κ1) is 22.4. The highest BCUT2D eigenvalue weighted by molar-refractivity contribution is 7.89. The van der Waals surface area contributed by atoms with Crippen LogP contribution in [-0.2, 0) is 26.2 Å². The Morgan fingerprint density at radius 1 is 1.31 bits per heavy atom. The molecule has 2 aliphatic rings. The largest absolute Gasteiger partial charge is 0.377 e. The van der Waals surface area contributed by atoms with Crippen molar-refractivity contribution in [2.45, 2.75) is 42.8 Å². The minimum Gasteiger partial charge on any atom is -0.377 e. The Hall–Kier alpha value is -1.27. The monoisotopic (exact) mass is 447 g/mol. The average Bonchev–Trinajstić information content (AvgIpc) is 2.73. The molecule has 2 unspecified atom stereocenters. The number of rotatable bonds is 6. The van der Waals surface area contributed by atoms with E-state index in [1.807, 2.05) is 18.2 Å². The van der Waals surface area contributed by atoms with Gasteiger partial charge in [-0.1, -0.05) is 29.8 Å². The van der Waals surface area contributed by atoms with Gasteiger partial charge in [0.15, 0.2) is 5.60 Å². The molecule has 2 aliphatic heterocycles. The van der Waals surface area contributed by atoms with Gasteiger partial charge in [0.1, 0.15) is 5.25 Å². The number of carbonyl (C=O) groups is 1. The van der Waals surface area contributed by atoms with Crippen molar-refractivity contribution in [1.29, 1.82) is 0 Å². The summed E-state index contributed by atoms with van der Waals surface area (Å²) in [6.45, 7) is 0.914. The zero-order valence-electron chi connectivity index (χ0n) is 15.9. The van der Waals surface area contributed by atoms with Gasteiger partial charge in [0, 0.05) is 24.7 Å². The second-order valence-corrected chi connectivity index (χ2v) is 9.89. The van der Waals surface area contributed by atoms with E-state index >= 15 is 0 Å². The van der Waals surface area contributed by atoms with Crippen LogP contribution in [0.5, 0.6) is 0 Å². The number of aliphatic hydroxyl groups is 1. The molecule has 1 aromatic rings. The van der Waals surface area contributed by atoms with Gasteiger partial charge in [0.2, 0.25) is 10.0 Å². The Labute approximate surface area is 175 Å². The van der Waals surface area contributed by atoms with Gasteiger partial charge in [-0.25, -0.2) is 18.2 Å². The van der Waals surface area contributed by atoms with Gasteiger partial charge in [-0.05, 0) is 37.4 Å². The first-order valence-corrected chi connectivity index (χ1v) is 11.4. The number of hydroxylamine groups is 1. The van der Waals surface area contributed by atoms with Crippen LogP contribution in [0, 0.1) is 0 Å². The van der Waals surface area contributed by atoms with Crippen molar-refractivity contribution >= 4 is 27.5 Å². The van der Waals surface area contributed by atoms with E-state index in [0.29, 0.717) is 31.0 Å². The van der Waals surface area contributed by atoms with Crippen molar-refractivity contribution in [3.05, 3.63) is 34.9 Å². The van der Waals surface area contributed by atoms with Crippen molar-refractivity contribution in [2.24, 2.45) is 0 Å². The van der Waals surface area contributed by atoms with Gasteiger partial charge in [-0.2, -0.15) is 0 Å². The molecule has 4 N–H and O–H groups in total. The number of benzene rings is 1. The number of halogens is 1. The molecule has 2 saturated heterocycles. The van der Waals surface area contributed by atoms with Crippen molar-refractivity contribution in [3.63, 3.8) is 0 Å². The molecule has 162 valence electrons. The fourth-order valence-corrected chi connectivity index (χ4v) is 6.21. The molecular weight excluding hydrogens is 422 g/mol. The SMILES string of the molecule is O=C(NO)C1(O)CNCCC1S(=O)(=O)N1CCC(OCc2ccccc2Cl)CC1. The predicted octanol–water partition coefficient (Wildman–Crippen LogP) is 0.249. The van der Waals surface area contributed by atoms with Gasteiger partial charge >= 0.3 is 0 Å². The summed E-state index contributed by atoms with van der Waals surface area (Å²) in [4.78, 5) is 12.0. The molecule has 3 rings (SSSR count). The number of sulfonamides is 1. The lowest BCUT2D eigenvalue weighted by Crippen LogP contribution is -2.67. The highest BCUT2D eigenvalue weighted by atomic mass is 35.5. The van der Waals surface area contributed by atoms with Crippen LogP contribution in [0.3, 0.4) is 0 Å². The van der Waals surface area contributed by atoms with Crippen LogP contribution < -0.4 is 10.8 Å². The van der Waals surface area contributed by atoms with Crippen molar-refractivity contribution in [1.82, 2.24) is 15.1 Å². The third-order valence-electron chi connectivity index (χ3n) is 5.56. The second kappa shape index (κ2) is 9.25. The van der Waals surface area contributed by atoms with E-state index in [1.165, 1.54) is 9.79 Å². The van der Waals surface area contributed by atoms with Crippen LogP contribution in [0.2, 0.25) is 5.02 Å². The van der Waals surface area contributed by atoms with E-state index in [-0.39, 0.29) is 32.2 Å². The van der Waals surface area contributed by atoms with E-state index in [0.717, 1.165) is 5.56 Å². The Balaban J connectivity index is 1.61. The summed E-state index contributed by atoms with van der Waals surface area (Å²) in [6.07, 6.45) is 0.957. The number of β-amino-alcohol motifs (C(OH)–C–C–N with tert-alkyl or cyclic N) is 1. The molecule has 2 fully saturated rings. The molecule has 0 radical (unpaired) electrons. The predicted molar refractivity (Wildman–Crippen MR) is 106 cm³/mol. The van der Waals surface area contributed by atoms with E-state index < -0.39 is 26.8 Å². The Morgan fingerprint density at radius 3 is 2.66 bits per heavy atom. The van der Waals surface area contributed by atoms with Crippen LogP contribution in [-0.4, -0.2) is 72.1 Å². The van der Waals surface area contributed by atoms with Crippen LogP contribution in [0.4, 0.5) is 0 Å². The molecule has 1 amide bonds. The number of carbonyl (C=O) groups excluding carboxylic acids is 1. The standard InChI is InChI=1S/C18H26ClN3O6S/c19-15-4-2-1-3-13(15)11-28-14-6-9-22(10-7-14)29(26,27)16-5-8-20-12-18(16,24)17(23)21-25/h1-4,14,16,20,24-25H,5-12H2,(H,21,23). The van der Waals surface area contributed by atoms with Gasteiger partial charge in [-0.3, -0.25) is 10.0 Å². The first-order chi connectivity index (χ1) is 13.8.